The van der Waals surface area contributed by atoms with Crippen LogP contribution in [-0.2, 0) is 28.7 Å². The SMILES string of the molecule is O=C(O)CN(Cc1ccc(Oc2ccccc2)cc1)Cc1cccc(OCCc2nc(-c3ccccc3)oc2CI)c1. The normalized spacial score (nSPS) is 11.0. The number of aromatic nitrogens is 1. The van der Waals surface area contributed by atoms with E-state index in [1.165, 1.54) is 0 Å². The van der Waals surface area contributed by atoms with E-state index in [1.807, 2.05) is 114 Å². The molecule has 0 fully saturated rings. The summed E-state index contributed by atoms with van der Waals surface area (Å²) in [6, 6.07) is 35.0. The zero-order valence-corrected chi connectivity index (χ0v) is 25.1. The fraction of sp³-hybridized carbons (Fsp3) is 0.176. The fourth-order valence-electron chi connectivity index (χ4n) is 4.55. The molecule has 0 aliphatic heterocycles. The van der Waals surface area contributed by atoms with E-state index in [1.54, 1.807) is 0 Å². The number of carboxylic acid groups (broad SMARTS) is 1. The molecule has 7 nitrogen and oxygen atoms in total. The number of hydrogen-bond donors (Lipinski definition) is 1. The van der Waals surface area contributed by atoms with Crippen LogP contribution in [-0.4, -0.2) is 34.1 Å². The standard InChI is InChI=1S/C34H31IN2O5/c35-21-32-31(36-34(42-32)27-9-3-1-4-10-27)18-19-40-30-13-7-8-26(20-30)23-37(24-33(38)39)22-25-14-16-29(17-15-25)41-28-11-5-2-6-12-28/h1-17,20H,18-19,21-24H2,(H,38,39). The van der Waals surface area contributed by atoms with Crippen LogP contribution in [0.25, 0.3) is 11.5 Å². The third kappa shape index (κ3) is 8.43. The summed E-state index contributed by atoms with van der Waals surface area (Å²) in [4.78, 5) is 18.2. The first kappa shape index (κ1) is 29.3. The Morgan fingerprint density at radius 1 is 0.810 bits per heavy atom. The van der Waals surface area contributed by atoms with E-state index in [9.17, 15) is 9.90 Å². The zero-order chi connectivity index (χ0) is 29.1. The van der Waals surface area contributed by atoms with Crippen molar-refractivity contribution in [2.75, 3.05) is 13.2 Å². The molecule has 1 N–H and O–H groups in total. The van der Waals surface area contributed by atoms with Gasteiger partial charge in [-0.15, -0.1) is 0 Å². The Balaban J connectivity index is 1.18. The molecule has 214 valence electrons. The van der Waals surface area contributed by atoms with E-state index in [0.29, 0.717) is 32.0 Å². The first-order valence-electron chi connectivity index (χ1n) is 13.6. The quantitative estimate of drug-likeness (QED) is 0.0952. The lowest BCUT2D eigenvalue weighted by atomic mass is 10.1. The van der Waals surface area contributed by atoms with Gasteiger partial charge in [0.05, 0.1) is 23.3 Å². The van der Waals surface area contributed by atoms with Gasteiger partial charge < -0.3 is 19.0 Å². The van der Waals surface area contributed by atoms with Crippen LogP contribution in [0.4, 0.5) is 0 Å². The smallest absolute Gasteiger partial charge is 0.317 e. The van der Waals surface area contributed by atoms with Gasteiger partial charge in [-0.1, -0.05) is 83.3 Å². The van der Waals surface area contributed by atoms with Gasteiger partial charge >= 0.3 is 5.97 Å². The van der Waals surface area contributed by atoms with Crippen LogP contribution in [0.1, 0.15) is 22.6 Å². The summed E-state index contributed by atoms with van der Waals surface area (Å²) < 4.78 is 18.7. The van der Waals surface area contributed by atoms with Crippen molar-refractivity contribution in [1.29, 1.82) is 0 Å². The van der Waals surface area contributed by atoms with Crippen LogP contribution in [0.15, 0.2) is 114 Å². The van der Waals surface area contributed by atoms with E-state index >= 15 is 0 Å². The third-order valence-electron chi connectivity index (χ3n) is 6.50. The average molecular weight is 675 g/mol. The third-order valence-corrected chi connectivity index (χ3v) is 7.19. The summed E-state index contributed by atoms with van der Waals surface area (Å²) in [6.45, 7) is 1.32. The predicted octanol–water partition coefficient (Wildman–Crippen LogP) is 7.78. The number of carbonyl (C=O) groups is 1. The summed E-state index contributed by atoms with van der Waals surface area (Å²) in [5, 5.41) is 9.54. The molecule has 8 heteroatoms. The number of oxazole rings is 1. The van der Waals surface area contributed by atoms with Crippen LogP contribution in [0.2, 0.25) is 0 Å². The molecule has 0 spiro atoms. The largest absolute Gasteiger partial charge is 0.493 e. The Bertz CT molecular complexity index is 1570. The minimum atomic E-state index is -0.875. The van der Waals surface area contributed by atoms with Crippen molar-refractivity contribution < 1.29 is 23.8 Å². The second kappa shape index (κ2) is 14.7. The van der Waals surface area contributed by atoms with Crippen molar-refractivity contribution in [2.45, 2.75) is 23.9 Å². The lowest BCUT2D eigenvalue weighted by molar-refractivity contribution is -0.138. The molecule has 42 heavy (non-hydrogen) atoms. The Hall–Kier alpha value is -4.15. The lowest BCUT2D eigenvalue weighted by Gasteiger charge is -2.21. The Labute approximate surface area is 258 Å². The molecule has 0 radical (unpaired) electrons. The van der Waals surface area contributed by atoms with Gasteiger partial charge in [-0.3, -0.25) is 9.69 Å². The number of aliphatic carboxylic acids is 1. The van der Waals surface area contributed by atoms with Crippen molar-refractivity contribution in [1.82, 2.24) is 9.88 Å². The fourth-order valence-corrected chi connectivity index (χ4v) is 5.15. The molecule has 1 aromatic heterocycles. The summed E-state index contributed by atoms with van der Waals surface area (Å²) in [5.41, 5.74) is 3.81. The van der Waals surface area contributed by atoms with Gasteiger partial charge in [0.1, 0.15) is 23.0 Å². The maximum absolute atomic E-state index is 11.6. The zero-order valence-electron chi connectivity index (χ0n) is 23.0. The van der Waals surface area contributed by atoms with E-state index in [2.05, 4.69) is 22.6 Å². The van der Waals surface area contributed by atoms with Crippen LogP contribution < -0.4 is 9.47 Å². The van der Waals surface area contributed by atoms with Gasteiger partial charge in [-0.25, -0.2) is 4.98 Å². The highest BCUT2D eigenvalue weighted by Crippen LogP contribution is 2.25. The second-order valence-corrected chi connectivity index (χ2v) is 10.5. The molecule has 4 aromatic carbocycles. The Morgan fingerprint density at radius 2 is 1.48 bits per heavy atom. The van der Waals surface area contributed by atoms with Crippen molar-refractivity contribution in [3.05, 3.63) is 132 Å². The van der Waals surface area contributed by atoms with Crippen LogP contribution in [0, 0.1) is 0 Å². The molecule has 0 aliphatic carbocycles. The summed E-state index contributed by atoms with van der Waals surface area (Å²) in [6.07, 6.45) is 0.619. The average Bonchev–Trinajstić information content (AvgIpc) is 3.42. The molecule has 5 aromatic rings. The van der Waals surface area contributed by atoms with Crippen molar-refractivity contribution in [3.8, 4) is 28.7 Å². The van der Waals surface area contributed by atoms with Crippen molar-refractivity contribution in [3.63, 3.8) is 0 Å². The molecule has 5 rings (SSSR count). The number of carboxylic acids is 1. The first-order valence-corrected chi connectivity index (χ1v) is 15.2. The summed E-state index contributed by atoms with van der Waals surface area (Å²) in [7, 11) is 0. The number of alkyl halides is 1. The molecule has 0 aliphatic rings. The number of ether oxygens (including phenoxy) is 2. The number of nitrogens with zero attached hydrogens (tertiary/aromatic N) is 2. The Kier molecular flexibility index (Phi) is 10.2. The molecule has 0 unspecified atom stereocenters. The summed E-state index contributed by atoms with van der Waals surface area (Å²) >= 11 is 2.28. The van der Waals surface area contributed by atoms with E-state index in [0.717, 1.165) is 49.8 Å². The topological polar surface area (TPSA) is 85.0 Å². The molecule has 0 amide bonds. The Morgan fingerprint density at radius 3 is 2.19 bits per heavy atom. The number of para-hydroxylation sites is 1. The summed E-state index contributed by atoms with van der Waals surface area (Å²) in [5.74, 6) is 2.83. The maximum atomic E-state index is 11.6. The highest BCUT2D eigenvalue weighted by molar-refractivity contribution is 14.1. The monoisotopic (exact) mass is 674 g/mol. The van der Waals surface area contributed by atoms with Crippen LogP contribution in [0.3, 0.4) is 0 Å². The number of rotatable bonds is 14. The van der Waals surface area contributed by atoms with Crippen molar-refractivity contribution >= 4 is 28.6 Å². The lowest BCUT2D eigenvalue weighted by Crippen LogP contribution is -2.29. The van der Waals surface area contributed by atoms with Crippen LogP contribution in [0.5, 0.6) is 17.2 Å². The number of benzene rings is 4. The number of halogens is 1. The molecule has 0 saturated carbocycles. The van der Waals surface area contributed by atoms with Crippen LogP contribution >= 0.6 is 22.6 Å². The maximum Gasteiger partial charge on any atom is 0.317 e. The van der Waals surface area contributed by atoms with Gasteiger partial charge in [0.15, 0.2) is 0 Å². The number of hydrogen-bond acceptors (Lipinski definition) is 6. The molecular formula is C34H31IN2O5. The van der Waals surface area contributed by atoms with E-state index in [-0.39, 0.29) is 6.54 Å². The molecule has 0 atom stereocenters. The molecule has 1 heterocycles. The van der Waals surface area contributed by atoms with E-state index < -0.39 is 5.97 Å². The van der Waals surface area contributed by atoms with Gasteiger partial charge in [-0.05, 0) is 59.7 Å². The second-order valence-electron chi connectivity index (χ2n) is 9.73. The van der Waals surface area contributed by atoms with Crippen molar-refractivity contribution in [2.24, 2.45) is 0 Å². The molecular weight excluding hydrogens is 643 g/mol. The minimum Gasteiger partial charge on any atom is -0.493 e. The van der Waals surface area contributed by atoms with Gasteiger partial charge in [-0.2, -0.15) is 0 Å². The first-order chi connectivity index (χ1) is 20.6. The highest BCUT2D eigenvalue weighted by atomic mass is 127. The van der Waals surface area contributed by atoms with E-state index in [4.69, 9.17) is 18.9 Å². The predicted molar refractivity (Wildman–Crippen MR) is 170 cm³/mol. The molecule has 0 bridgehead atoms. The van der Waals surface area contributed by atoms with Gasteiger partial charge in [0.2, 0.25) is 5.89 Å². The minimum absolute atomic E-state index is 0.0810. The highest BCUT2D eigenvalue weighted by Gasteiger charge is 2.15. The van der Waals surface area contributed by atoms with Gasteiger partial charge in [0.25, 0.3) is 0 Å². The van der Waals surface area contributed by atoms with Gasteiger partial charge in [0, 0.05) is 25.1 Å². The molecule has 0 saturated heterocycles.